The second-order valence-electron chi connectivity index (χ2n) is 8.40. The predicted octanol–water partition coefficient (Wildman–Crippen LogP) is 4.05. The summed E-state index contributed by atoms with van der Waals surface area (Å²) in [6, 6.07) is 0. The highest BCUT2D eigenvalue weighted by molar-refractivity contribution is 6.02. The second kappa shape index (κ2) is 4.55. The minimum Gasteiger partial charge on any atom is -0.388 e. The van der Waals surface area contributed by atoms with Gasteiger partial charge in [0.05, 0.1) is 6.10 Å². The molecule has 3 aliphatic carbocycles. The number of carbonyl (C=O) groups excluding carboxylic acids is 1. The molecule has 0 radical (unpaired) electrons. The summed E-state index contributed by atoms with van der Waals surface area (Å²) in [5.74, 6) is 0.816. The van der Waals surface area contributed by atoms with Crippen LogP contribution in [0.3, 0.4) is 0 Å². The Kier molecular flexibility index (Phi) is 3.26. The Morgan fingerprint density at radius 2 is 1.90 bits per heavy atom. The lowest BCUT2D eigenvalue weighted by molar-refractivity contribution is -0.127. The van der Waals surface area contributed by atoms with Crippen molar-refractivity contribution in [3.05, 3.63) is 23.3 Å². The lowest BCUT2D eigenvalue weighted by Gasteiger charge is -2.45. The maximum atomic E-state index is 13.0. The summed E-state index contributed by atoms with van der Waals surface area (Å²) in [5, 5.41) is 10.7. The van der Waals surface area contributed by atoms with Crippen LogP contribution in [0.2, 0.25) is 0 Å². The number of hydrogen-bond donors (Lipinski definition) is 1. The van der Waals surface area contributed by atoms with Crippen LogP contribution in [0, 0.1) is 22.7 Å². The predicted molar refractivity (Wildman–Crippen MR) is 84.8 cm³/mol. The van der Waals surface area contributed by atoms with Crippen LogP contribution in [0.1, 0.15) is 59.8 Å². The number of aliphatic hydroxyl groups is 1. The molecule has 2 fully saturated rings. The molecule has 0 aromatic rings. The van der Waals surface area contributed by atoms with Crippen molar-refractivity contribution in [2.24, 2.45) is 22.7 Å². The molecule has 1 spiro atoms. The maximum absolute atomic E-state index is 13.0. The van der Waals surface area contributed by atoms with Gasteiger partial charge in [0.15, 0.2) is 5.78 Å². The van der Waals surface area contributed by atoms with Crippen molar-refractivity contribution >= 4 is 5.78 Å². The van der Waals surface area contributed by atoms with E-state index in [-0.39, 0.29) is 22.5 Å². The molecule has 21 heavy (non-hydrogen) atoms. The van der Waals surface area contributed by atoms with Crippen LogP contribution < -0.4 is 0 Å². The van der Waals surface area contributed by atoms with Crippen LogP contribution >= 0.6 is 0 Å². The van der Waals surface area contributed by atoms with Crippen LogP contribution in [-0.4, -0.2) is 17.0 Å². The highest BCUT2D eigenvalue weighted by atomic mass is 16.3. The van der Waals surface area contributed by atoms with Crippen LogP contribution in [0.15, 0.2) is 23.3 Å². The summed E-state index contributed by atoms with van der Waals surface area (Å²) in [7, 11) is 0. The van der Waals surface area contributed by atoms with Gasteiger partial charge >= 0.3 is 0 Å². The van der Waals surface area contributed by atoms with Crippen molar-refractivity contribution in [2.75, 3.05) is 0 Å². The molecule has 0 bridgehead atoms. The van der Waals surface area contributed by atoms with Crippen LogP contribution in [0.4, 0.5) is 0 Å². The van der Waals surface area contributed by atoms with Gasteiger partial charge in [0.1, 0.15) is 0 Å². The average Bonchev–Trinajstić information content (AvgIpc) is 3.17. The third-order valence-corrected chi connectivity index (χ3v) is 5.93. The number of fused-ring (bicyclic) bond motifs is 1. The van der Waals surface area contributed by atoms with E-state index < -0.39 is 6.10 Å². The van der Waals surface area contributed by atoms with Crippen LogP contribution in [-0.2, 0) is 4.79 Å². The largest absolute Gasteiger partial charge is 0.388 e. The molecule has 0 aliphatic heterocycles. The first-order chi connectivity index (χ1) is 9.70. The molecule has 2 atom stereocenters. The van der Waals surface area contributed by atoms with Crippen molar-refractivity contribution in [3.63, 3.8) is 0 Å². The topological polar surface area (TPSA) is 37.3 Å². The summed E-state index contributed by atoms with van der Waals surface area (Å²) < 4.78 is 0. The highest BCUT2D eigenvalue weighted by Gasteiger charge is 2.58. The van der Waals surface area contributed by atoms with Gasteiger partial charge in [-0.1, -0.05) is 39.8 Å². The Bertz CT molecular complexity index is 532. The van der Waals surface area contributed by atoms with Gasteiger partial charge in [-0.2, -0.15) is 0 Å². The maximum Gasteiger partial charge on any atom is 0.164 e. The van der Waals surface area contributed by atoms with Gasteiger partial charge in [-0.25, -0.2) is 0 Å². The van der Waals surface area contributed by atoms with Crippen molar-refractivity contribution < 1.29 is 9.90 Å². The number of aliphatic hydroxyl groups excluding tert-OH is 1. The molecule has 2 heteroatoms. The quantitative estimate of drug-likeness (QED) is 0.778. The fourth-order valence-corrected chi connectivity index (χ4v) is 4.42. The Hall–Kier alpha value is -0.890. The van der Waals surface area contributed by atoms with E-state index in [0.717, 1.165) is 43.3 Å². The first-order valence-corrected chi connectivity index (χ1v) is 8.36. The summed E-state index contributed by atoms with van der Waals surface area (Å²) in [6.07, 6.45) is 4.36. The normalized spacial score (nSPS) is 33.6. The Morgan fingerprint density at radius 1 is 1.29 bits per heavy atom. The Labute approximate surface area is 128 Å². The second-order valence-corrected chi connectivity index (χ2v) is 8.40. The van der Waals surface area contributed by atoms with Gasteiger partial charge < -0.3 is 5.11 Å². The summed E-state index contributed by atoms with van der Waals surface area (Å²) in [5.41, 5.74) is 2.98. The van der Waals surface area contributed by atoms with E-state index in [0.29, 0.717) is 5.92 Å². The Morgan fingerprint density at radius 3 is 2.43 bits per heavy atom. The van der Waals surface area contributed by atoms with Crippen molar-refractivity contribution in [2.45, 2.75) is 65.9 Å². The average molecular weight is 288 g/mol. The molecule has 0 aromatic carbocycles. The Balaban J connectivity index is 2.16. The molecule has 0 saturated heterocycles. The number of Topliss-reactive ketones (excluding diaryl/α,β-unsaturated/α-hetero) is 1. The summed E-state index contributed by atoms with van der Waals surface area (Å²) >= 11 is 0. The molecule has 0 heterocycles. The number of hydrogen-bond acceptors (Lipinski definition) is 2. The smallest absolute Gasteiger partial charge is 0.164 e. The van der Waals surface area contributed by atoms with Crippen LogP contribution in [0.25, 0.3) is 0 Å². The minimum atomic E-state index is -0.515. The van der Waals surface area contributed by atoms with E-state index in [2.05, 4.69) is 34.3 Å². The fraction of sp³-hybridized carbons (Fsp3) is 0.737. The molecule has 3 aliphatic rings. The molecule has 116 valence electrons. The third-order valence-electron chi connectivity index (χ3n) is 5.93. The summed E-state index contributed by atoms with van der Waals surface area (Å²) in [4.78, 5) is 13.0. The van der Waals surface area contributed by atoms with Crippen molar-refractivity contribution in [1.29, 1.82) is 0 Å². The number of ketones is 1. The lowest BCUT2D eigenvalue weighted by Crippen LogP contribution is -2.45. The van der Waals surface area contributed by atoms with Gasteiger partial charge in [-0.05, 0) is 43.6 Å². The molecule has 1 N–H and O–H groups in total. The monoisotopic (exact) mass is 288 g/mol. The van der Waals surface area contributed by atoms with Gasteiger partial charge in [-0.15, -0.1) is 0 Å². The van der Waals surface area contributed by atoms with Crippen LogP contribution in [0.5, 0.6) is 0 Å². The molecule has 2 saturated carbocycles. The fourth-order valence-electron chi connectivity index (χ4n) is 4.42. The van der Waals surface area contributed by atoms with Gasteiger partial charge in [0.2, 0.25) is 0 Å². The van der Waals surface area contributed by atoms with E-state index in [9.17, 15) is 9.90 Å². The molecule has 2 unspecified atom stereocenters. The van der Waals surface area contributed by atoms with E-state index in [4.69, 9.17) is 0 Å². The zero-order chi connectivity index (χ0) is 15.6. The van der Waals surface area contributed by atoms with Crippen molar-refractivity contribution in [3.8, 4) is 0 Å². The molecule has 0 amide bonds. The molecule has 2 nitrogen and oxygen atoms in total. The third kappa shape index (κ3) is 2.06. The van der Waals surface area contributed by atoms with E-state index in [1.165, 1.54) is 5.57 Å². The first kappa shape index (κ1) is 15.0. The standard InChI is InChI=1S/C19H28O2/c1-11(2)10-14-15-13(6-7-18(4,5)17(15)21)16(20)12(3)19(14)8-9-19/h11,13,16,20H,3,6-10H2,1-2,4-5H3. The zero-order valence-corrected chi connectivity index (χ0v) is 13.8. The van der Waals surface area contributed by atoms with Crippen molar-refractivity contribution in [1.82, 2.24) is 0 Å². The van der Waals surface area contributed by atoms with E-state index >= 15 is 0 Å². The molecular formula is C19H28O2. The van der Waals surface area contributed by atoms with Gasteiger partial charge in [-0.3, -0.25) is 4.79 Å². The number of rotatable bonds is 2. The van der Waals surface area contributed by atoms with Gasteiger partial charge in [0, 0.05) is 22.3 Å². The number of carbonyl (C=O) groups is 1. The SMILES string of the molecule is C=C1C(O)C2CCC(C)(C)C(=O)C2=C(CC(C)C)C12CC2. The summed E-state index contributed by atoms with van der Waals surface area (Å²) in [6.45, 7) is 12.8. The van der Waals surface area contributed by atoms with Gasteiger partial charge in [0.25, 0.3) is 0 Å². The first-order valence-electron chi connectivity index (χ1n) is 8.36. The zero-order valence-electron chi connectivity index (χ0n) is 13.8. The minimum absolute atomic E-state index is 0.00185. The molecular weight excluding hydrogens is 260 g/mol. The lowest BCUT2D eigenvalue weighted by atomic mass is 9.59. The number of allylic oxidation sites excluding steroid dienone is 1. The highest BCUT2D eigenvalue weighted by Crippen LogP contribution is 2.65. The van der Waals surface area contributed by atoms with E-state index in [1.54, 1.807) is 0 Å². The molecule has 0 aromatic heterocycles. The molecule has 3 rings (SSSR count). The van der Waals surface area contributed by atoms with E-state index in [1.807, 2.05) is 0 Å².